The van der Waals surface area contributed by atoms with Gasteiger partial charge in [0.2, 0.25) is 0 Å². The Labute approximate surface area is 247 Å². The largest absolute Gasteiger partial charge is 0.496 e. The number of alkyl halides is 2. The molecule has 4 aromatic rings. The molecule has 1 atom stereocenters. The van der Waals surface area contributed by atoms with Gasteiger partial charge in [-0.25, -0.2) is 17.9 Å². The van der Waals surface area contributed by atoms with E-state index in [0.29, 0.717) is 22.1 Å². The number of sulfonamides is 1. The van der Waals surface area contributed by atoms with Gasteiger partial charge in [-0.2, -0.15) is 8.78 Å². The van der Waals surface area contributed by atoms with Crippen LogP contribution in [0.25, 0.3) is 10.9 Å². The molecule has 3 aromatic carbocycles. The van der Waals surface area contributed by atoms with E-state index in [1.54, 1.807) is 25.1 Å². The molecule has 3 N–H and O–H groups in total. The summed E-state index contributed by atoms with van der Waals surface area (Å²) in [6.45, 7) is -1.26. The molecule has 1 saturated carbocycles. The number of hydrogen-bond donors (Lipinski definition) is 2. The first-order valence-electron chi connectivity index (χ1n) is 13.7. The van der Waals surface area contributed by atoms with Gasteiger partial charge in [-0.05, 0) is 80.1 Å². The van der Waals surface area contributed by atoms with Crippen LogP contribution in [0.3, 0.4) is 0 Å². The number of halogens is 2. The first kappa shape index (κ1) is 30.2. The first-order chi connectivity index (χ1) is 20.5. The second-order valence-electron chi connectivity index (χ2n) is 10.4. The second-order valence-corrected chi connectivity index (χ2v) is 12.1. The molecule has 1 amide bonds. The summed E-state index contributed by atoms with van der Waals surface area (Å²) < 4.78 is 67.5. The fraction of sp³-hybridized carbons (Fsp3) is 0.290. The highest BCUT2D eigenvalue weighted by atomic mass is 32.2. The number of nitrogens with zero attached hydrogens (tertiary/aromatic N) is 1. The second kappa shape index (κ2) is 12.1. The zero-order valence-electron chi connectivity index (χ0n) is 23.5. The summed E-state index contributed by atoms with van der Waals surface area (Å²) in [6, 6.07) is 13.8. The number of amides is 1. The number of aryl methyl sites for hydroxylation is 1. The summed E-state index contributed by atoms with van der Waals surface area (Å²) in [7, 11) is -2.81. The minimum atomic E-state index is -4.15. The maximum Gasteiger partial charge on any atom is 0.338 e. The van der Waals surface area contributed by atoms with Crippen LogP contribution < -0.4 is 15.2 Å². The van der Waals surface area contributed by atoms with E-state index in [0.717, 1.165) is 30.3 Å². The molecule has 0 spiro atoms. The lowest BCUT2D eigenvalue weighted by Crippen LogP contribution is -2.31. The summed E-state index contributed by atoms with van der Waals surface area (Å²) in [4.78, 5) is 25.7. The number of carbonyl (C=O) groups excluding carboxylic acids is 2. The number of ether oxygens (including phenoxy) is 2. The van der Waals surface area contributed by atoms with Crippen molar-refractivity contribution in [2.24, 2.45) is 5.73 Å². The Balaban J connectivity index is 1.47. The molecule has 226 valence electrons. The van der Waals surface area contributed by atoms with Crippen molar-refractivity contribution in [1.29, 1.82) is 0 Å². The Morgan fingerprint density at radius 1 is 1.00 bits per heavy atom. The van der Waals surface area contributed by atoms with E-state index in [1.165, 1.54) is 55.8 Å². The number of carbonyl (C=O) groups is 2. The maximum absolute atomic E-state index is 14.0. The minimum Gasteiger partial charge on any atom is -0.496 e. The molecule has 0 aliphatic heterocycles. The number of benzene rings is 3. The molecule has 0 saturated heterocycles. The third-order valence-electron chi connectivity index (χ3n) is 7.66. The van der Waals surface area contributed by atoms with Gasteiger partial charge in [-0.3, -0.25) is 9.36 Å². The standard InChI is InChI=1S/C31H31F2N3O6S/c1-18-7-3-6-10-27(18)43(39,40)35-29(37)19-11-13-22(26(16-19)41-2)28(34)24-17-36(31(32)33)25-14-12-20(15-23(24)25)30(38)42-21-8-4-5-9-21/h3,6-7,10-17,21,28,31H,4-5,8-9,34H2,1-2H3,(H,35,37). The predicted molar refractivity (Wildman–Crippen MR) is 156 cm³/mol. The minimum absolute atomic E-state index is 0.0167. The summed E-state index contributed by atoms with van der Waals surface area (Å²) >= 11 is 0. The normalized spacial score (nSPS) is 14.7. The smallest absolute Gasteiger partial charge is 0.338 e. The Bertz CT molecular complexity index is 1800. The quantitative estimate of drug-likeness (QED) is 0.235. The summed E-state index contributed by atoms with van der Waals surface area (Å²) in [5, 5.41) is 0.335. The molecule has 1 unspecified atom stereocenters. The third kappa shape index (κ3) is 6.11. The molecule has 0 radical (unpaired) electrons. The lowest BCUT2D eigenvalue weighted by atomic mass is 9.96. The number of aromatic nitrogens is 1. The van der Waals surface area contributed by atoms with Crippen LogP contribution in [0, 0.1) is 6.92 Å². The molecule has 1 heterocycles. The van der Waals surface area contributed by atoms with Crippen molar-refractivity contribution in [2.75, 3.05) is 7.11 Å². The third-order valence-corrected chi connectivity index (χ3v) is 9.15. The van der Waals surface area contributed by atoms with Crippen molar-refractivity contribution in [1.82, 2.24) is 9.29 Å². The molecule has 5 rings (SSSR count). The lowest BCUT2D eigenvalue weighted by molar-refractivity contribution is 0.0318. The van der Waals surface area contributed by atoms with Crippen LogP contribution in [0.1, 0.15) is 75.7 Å². The topological polar surface area (TPSA) is 130 Å². The monoisotopic (exact) mass is 611 g/mol. The van der Waals surface area contributed by atoms with E-state index in [1.807, 2.05) is 0 Å². The van der Waals surface area contributed by atoms with Crippen LogP contribution in [0.2, 0.25) is 0 Å². The molecular weight excluding hydrogens is 580 g/mol. The van der Waals surface area contributed by atoms with Crippen LogP contribution in [0.4, 0.5) is 8.78 Å². The van der Waals surface area contributed by atoms with Gasteiger partial charge in [0.25, 0.3) is 15.9 Å². The molecule has 9 nitrogen and oxygen atoms in total. The molecule has 1 fully saturated rings. The average Bonchev–Trinajstić information content (AvgIpc) is 3.64. The molecular formula is C31H31F2N3O6S. The number of rotatable bonds is 9. The van der Waals surface area contributed by atoms with Crippen LogP contribution >= 0.6 is 0 Å². The van der Waals surface area contributed by atoms with Crippen LogP contribution in [-0.2, 0) is 14.8 Å². The Hall–Kier alpha value is -4.29. The highest BCUT2D eigenvalue weighted by molar-refractivity contribution is 7.90. The fourth-order valence-electron chi connectivity index (χ4n) is 5.41. The van der Waals surface area contributed by atoms with Gasteiger partial charge in [0.1, 0.15) is 11.9 Å². The molecule has 1 aromatic heterocycles. The van der Waals surface area contributed by atoms with Crippen LogP contribution in [0.5, 0.6) is 5.75 Å². The van der Waals surface area contributed by atoms with Gasteiger partial charge in [0.05, 0.1) is 29.1 Å². The van der Waals surface area contributed by atoms with Crippen LogP contribution in [0.15, 0.2) is 71.8 Å². The van der Waals surface area contributed by atoms with Crippen molar-refractivity contribution in [3.63, 3.8) is 0 Å². The summed E-state index contributed by atoms with van der Waals surface area (Å²) in [6.07, 6.45) is 4.61. The Morgan fingerprint density at radius 2 is 1.70 bits per heavy atom. The van der Waals surface area contributed by atoms with Crippen LogP contribution in [-0.4, -0.2) is 38.1 Å². The van der Waals surface area contributed by atoms with Gasteiger partial charge in [0.15, 0.2) is 0 Å². The average molecular weight is 612 g/mol. The van der Waals surface area contributed by atoms with E-state index < -0.39 is 34.5 Å². The fourth-order valence-corrected chi connectivity index (χ4v) is 6.64. The zero-order valence-corrected chi connectivity index (χ0v) is 24.4. The van der Waals surface area contributed by atoms with E-state index in [2.05, 4.69) is 4.72 Å². The zero-order chi connectivity index (χ0) is 30.9. The number of nitrogens with two attached hydrogens (primary N) is 1. The van der Waals surface area contributed by atoms with Gasteiger partial charge < -0.3 is 15.2 Å². The van der Waals surface area contributed by atoms with Gasteiger partial charge >= 0.3 is 12.5 Å². The van der Waals surface area contributed by atoms with Crippen molar-refractivity contribution >= 4 is 32.8 Å². The van der Waals surface area contributed by atoms with Gasteiger partial charge in [0, 0.05) is 22.7 Å². The van der Waals surface area contributed by atoms with Gasteiger partial charge in [-0.15, -0.1) is 0 Å². The molecule has 1 aliphatic carbocycles. The van der Waals surface area contributed by atoms with E-state index >= 15 is 0 Å². The van der Waals surface area contributed by atoms with Gasteiger partial charge in [-0.1, -0.05) is 24.3 Å². The van der Waals surface area contributed by atoms with E-state index in [9.17, 15) is 26.8 Å². The lowest BCUT2D eigenvalue weighted by Gasteiger charge is -2.17. The number of hydrogen-bond acceptors (Lipinski definition) is 7. The van der Waals surface area contributed by atoms with E-state index in [4.69, 9.17) is 15.2 Å². The highest BCUT2D eigenvalue weighted by Gasteiger charge is 2.26. The molecule has 1 aliphatic rings. The number of esters is 1. The predicted octanol–water partition coefficient (Wildman–Crippen LogP) is 5.62. The maximum atomic E-state index is 14.0. The van der Waals surface area contributed by atoms with Crippen molar-refractivity contribution in [2.45, 2.75) is 56.2 Å². The highest BCUT2D eigenvalue weighted by Crippen LogP contribution is 2.36. The number of methoxy groups -OCH3 is 1. The SMILES string of the molecule is COc1cc(C(=O)NS(=O)(=O)c2ccccc2C)ccc1C(N)c1cn(C(F)F)c2ccc(C(=O)OC3CCCC3)cc12. The molecule has 0 bridgehead atoms. The number of nitrogens with one attached hydrogen (secondary N) is 1. The van der Waals surface area contributed by atoms with Crippen molar-refractivity contribution in [3.8, 4) is 5.75 Å². The summed E-state index contributed by atoms with van der Waals surface area (Å²) in [5.74, 6) is -1.28. The Morgan fingerprint density at radius 3 is 2.37 bits per heavy atom. The Kier molecular flexibility index (Phi) is 8.52. The molecule has 43 heavy (non-hydrogen) atoms. The van der Waals surface area contributed by atoms with Crippen molar-refractivity contribution < 1.29 is 36.3 Å². The first-order valence-corrected chi connectivity index (χ1v) is 15.2. The molecule has 12 heteroatoms. The van der Waals surface area contributed by atoms with E-state index in [-0.39, 0.29) is 33.4 Å². The summed E-state index contributed by atoms with van der Waals surface area (Å²) in [5.41, 5.74) is 8.10. The number of fused-ring (bicyclic) bond motifs is 1. The van der Waals surface area contributed by atoms with Crippen molar-refractivity contribution in [3.05, 3.63) is 94.7 Å².